The Morgan fingerprint density at radius 3 is 2.41 bits per heavy atom. The van der Waals surface area contributed by atoms with Crippen LogP contribution in [0.5, 0.6) is 0 Å². The molecule has 0 unspecified atom stereocenters. The van der Waals surface area contributed by atoms with Gasteiger partial charge >= 0.3 is 0 Å². The number of nitrogens with zero attached hydrogens (tertiary/aromatic N) is 7. The highest BCUT2D eigenvalue weighted by molar-refractivity contribution is 5.56. The number of piperazine rings is 1. The Hall–Kier alpha value is -3.57. The Kier molecular flexibility index (Phi) is 7.30. The van der Waals surface area contributed by atoms with Gasteiger partial charge in [-0.05, 0) is 31.9 Å². The van der Waals surface area contributed by atoms with Crippen molar-refractivity contribution in [2.45, 2.75) is 45.3 Å². The molecule has 11 heteroatoms. The van der Waals surface area contributed by atoms with Gasteiger partial charge in [0.1, 0.15) is 17.5 Å². The molecule has 0 aliphatic carbocycles. The van der Waals surface area contributed by atoms with Gasteiger partial charge < -0.3 is 20.6 Å². The highest BCUT2D eigenvalue weighted by atomic mass is 19.1. The molecular weight excluding hydrogens is 502 g/mol. The van der Waals surface area contributed by atoms with E-state index in [0.29, 0.717) is 43.5 Å². The van der Waals surface area contributed by atoms with E-state index in [1.54, 1.807) is 6.92 Å². The summed E-state index contributed by atoms with van der Waals surface area (Å²) in [6, 6.07) is 5.74. The number of benzene rings is 1. The topological polar surface area (TPSA) is 99.6 Å². The number of β-amino-alcohol motifs (C(OH)–C–C–N with tert-alkyl or cyclic N) is 1. The minimum Gasteiger partial charge on any atom is -0.386 e. The summed E-state index contributed by atoms with van der Waals surface area (Å²) in [6.07, 6.45) is 6.04. The molecule has 0 bridgehead atoms. The first-order valence-electron chi connectivity index (χ1n) is 13.3. The van der Waals surface area contributed by atoms with Crippen molar-refractivity contribution in [3.63, 3.8) is 0 Å². The lowest BCUT2D eigenvalue weighted by Crippen LogP contribution is -2.60. The zero-order valence-electron chi connectivity index (χ0n) is 22.8. The van der Waals surface area contributed by atoms with Crippen LogP contribution in [0, 0.1) is 11.6 Å². The van der Waals surface area contributed by atoms with E-state index in [1.165, 1.54) is 12.1 Å². The van der Waals surface area contributed by atoms with Crippen molar-refractivity contribution >= 4 is 23.5 Å². The molecule has 0 spiro atoms. The molecule has 5 rings (SSSR count). The summed E-state index contributed by atoms with van der Waals surface area (Å²) in [5, 5.41) is 14.8. The molecule has 3 N–H and O–H groups in total. The van der Waals surface area contributed by atoms with E-state index in [2.05, 4.69) is 52.9 Å². The molecule has 9 nitrogen and oxygen atoms in total. The number of anilines is 3. The third kappa shape index (κ3) is 5.89. The minimum atomic E-state index is -0.728. The number of nitrogen functional groups attached to an aromatic ring is 1. The highest BCUT2D eigenvalue weighted by Gasteiger charge is 2.37. The maximum Gasteiger partial charge on any atom is 0.224 e. The van der Waals surface area contributed by atoms with Crippen LogP contribution in [-0.4, -0.2) is 80.7 Å². The molecule has 0 amide bonds. The molecule has 4 heterocycles. The average Bonchev–Trinajstić information content (AvgIpc) is 3.27. The normalized spacial score (nSPS) is 19.7. The van der Waals surface area contributed by atoms with Crippen LogP contribution in [0.15, 0.2) is 36.5 Å². The van der Waals surface area contributed by atoms with Gasteiger partial charge in [-0.1, -0.05) is 26.0 Å². The zero-order chi connectivity index (χ0) is 27.9. The van der Waals surface area contributed by atoms with Crippen LogP contribution in [0.1, 0.15) is 44.9 Å². The van der Waals surface area contributed by atoms with Crippen LogP contribution < -0.4 is 15.5 Å². The number of nitrogens with two attached hydrogens (primary N) is 1. The summed E-state index contributed by atoms with van der Waals surface area (Å²) in [5.41, 5.74) is 7.90. The molecule has 3 aromatic rings. The Balaban J connectivity index is 1.28. The molecule has 2 aliphatic heterocycles. The molecule has 208 valence electrons. The monoisotopic (exact) mass is 538 g/mol. The molecule has 0 saturated carbocycles. The second kappa shape index (κ2) is 10.5. The lowest BCUT2D eigenvalue weighted by molar-refractivity contribution is 0.0305. The molecule has 2 saturated heterocycles. The molecule has 39 heavy (non-hydrogen) atoms. The Bertz CT molecular complexity index is 1340. The fraction of sp³-hybridized carbons (Fsp3) is 0.464. The number of hydrogen-bond donors (Lipinski definition) is 2. The van der Waals surface area contributed by atoms with Gasteiger partial charge in [0.2, 0.25) is 5.95 Å². The molecule has 1 atom stereocenters. The fourth-order valence-electron chi connectivity index (χ4n) is 5.45. The van der Waals surface area contributed by atoms with Crippen LogP contribution in [0.25, 0.3) is 11.9 Å². The van der Waals surface area contributed by atoms with Gasteiger partial charge in [-0.3, -0.25) is 4.90 Å². The summed E-state index contributed by atoms with van der Waals surface area (Å²) in [7, 11) is 0. The van der Waals surface area contributed by atoms with E-state index in [-0.39, 0.29) is 17.9 Å². The fourth-order valence-corrected chi connectivity index (χ4v) is 5.45. The van der Waals surface area contributed by atoms with Crippen molar-refractivity contribution in [3.05, 3.63) is 59.4 Å². The summed E-state index contributed by atoms with van der Waals surface area (Å²) in [5.74, 6) is 0.473. The van der Waals surface area contributed by atoms with Crippen LogP contribution in [0.2, 0.25) is 0 Å². The first-order valence-corrected chi connectivity index (χ1v) is 13.3. The van der Waals surface area contributed by atoms with E-state index in [4.69, 9.17) is 5.73 Å². The summed E-state index contributed by atoms with van der Waals surface area (Å²) in [4.78, 5) is 15.1. The second-order valence-electron chi connectivity index (χ2n) is 11.2. The van der Waals surface area contributed by atoms with Crippen molar-refractivity contribution in [1.82, 2.24) is 24.6 Å². The van der Waals surface area contributed by atoms with Crippen molar-refractivity contribution in [2.24, 2.45) is 0 Å². The Labute approximate surface area is 227 Å². The smallest absolute Gasteiger partial charge is 0.224 e. The van der Waals surface area contributed by atoms with Gasteiger partial charge in [-0.15, -0.1) is 0 Å². The van der Waals surface area contributed by atoms with Crippen LogP contribution in [-0.2, 0) is 0 Å². The van der Waals surface area contributed by atoms with Crippen molar-refractivity contribution in [2.75, 3.05) is 54.8 Å². The molecule has 2 aromatic heterocycles. The molecule has 2 fully saturated rings. The maximum atomic E-state index is 13.7. The summed E-state index contributed by atoms with van der Waals surface area (Å²) in [6.45, 7) is 12.0. The number of aliphatic hydroxyl groups is 1. The highest BCUT2D eigenvalue weighted by Crippen LogP contribution is 2.29. The van der Waals surface area contributed by atoms with Crippen molar-refractivity contribution in [1.29, 1.82) is 0 Å². The summed E-state index contributed by atoms with van der Waals surface area (Å²) < 4.78 is 29.2. The summed E-state index contributed by atoms with van der Waals surface area (Å²) >= 11 is 0. The third-order valence-electron chi connectivity index (χ3n) is 7.32. The average molecular weight is 539 g/mol. The van der Waals surface area contributed by atoms with Crippen LogP contribution >= 0.6 is 0 Å². The minimum absolute atomic E-state index is 0.158. The van der Waals surface area contributed by atoms with Crippen LogP contribution in [0.4, 0.5) is 26.2 Å². The lowest BCUT2D eigenvalue weighted by atomic mass is 9.97. The molecule has 1 aromatic carbocycles. The number of rotatable bonds is 7. The van der Waals surface area contributed by atoms with Gasteiger partial charge in [0, 0.05) is 68.7 Å². The largest absolute Gasteiger partial charge is 0.386 e. The van der Waals surface area contributed by atoms with Crippen molar-refractivity contribution in [3.8, 4) is 5.82 Å². The zero-order valence-corrected chi connectivity index (χ0v) is 22.8. The van der Waals surface area contributed by atoms with E-state index in [9.17, 15) is 13.9 Å². The van der Waals surface area contributed by atoms with Crippen molar-refractivity contribution < 1.29 is 13.9 Å². The van der Waals surface area contributed by atoms with Gasteiger partial charge in [-0.2, -0.15) is 15.1 Å². The number of halogens is 2. The lowest BCUT2D eigenvalue weighted by Gasteiger charge is -2.44. The predicted octanol–water partition coefficient (Wildman–Crippen LogP) is 3.44. The van der Waals surface area contributed by atoms with E-state index < -0.39 is 17.2 Å². The SMILES string of the molecule is CC(C)c1c(/C=C/CN2CCN(c3cc(F)cc(F)c3)C[C@H]2C)cnn1-c1cc(N2CC(C)(O)C2)nc(N)n1. The Morgan fingerprint density at radius 2 is 1.77 bits per heavy atom. The van der Waals surface area contributed by atoms with Gasteiger partial charge in [0.05, 0.1) is 17.5 Å². The predicted molar refractivity (Wildman–Crippen MR) is 149 cm³/mol. The number of aromatic nitrogens is 4. The van der Waals surface area contributed by atoms with E-state index in [0.717, 1.165) is 30.4 Å². The molecule has 0 radical (unpaired) electrons. The molecular formula is C28H36F2N8O. The standard InChI is InChI=1S/C28H36F2N8O/c1-18(2)26-20(14-32-38(26)25-13-24(33-27(31)34-25)37-16-28(4,39)17-37)6-5-7-35-8-9-36(15-19(35)3)23-11-21(29)10-22(30)12-23/h5-6,10-14,18-19,39H,7-9,15-17H2,1-4H3,(H2,31,33,34)/b6-5+/t19-/m1/s1. The van der Waals surface area contributed by atoms with Crippen LogP contribution in [0.3, 0.4) is 0 Å². The van der Waals surface area contributed by atoms with E-state index in [1.807, 2.05) is 26.7 Å². The number of hydrogen-bond acceptors (Lipinski definition) is 8. The second-order valence-corrected chi connectivity index (χ2v) is 11.2. The van der Waals surface area contributed by atoms with Gasteiger partial charge in [0.25, 0.3) is 0 Å². The van der Waals surface area contributed by atoms with Gasteiger partial charge in [0.15, 0.2) is 5.82 Å². The Morgan fingerprint density at radius 1 is 1.08 bits per heavy atom. The molecule has 2 aliphatic rings. The quantitative estimate of drug-likeness (QED) is 0.472. The third-order valence-corrected chi connectivity index (χ3v) is 7.32. The first-order chi connectivity index (χ1) is 18.5. The maximum absolute atomic E-state index is 13.7. The van der Waals surface area contributed by atoms with Gasteiger partial charge in [-0.25, -0.2) is 13.5 Å². The van der Waals surface area contributed by atoms with E-state index >= 15 is 0 Å². The first kappa shape index (κ1) is 27.0.